The van der Waals surface area contributed by atoms with E-state index in [0.717, 1.165) is 42.7 Å². The lowest BCUT2D eigenvalue weighted by Crippen LogP contribution is -2.59. The Morgan fingerprint density at radius 1 is 0.816 bits per heavy atom. The largest absolute Gasteiger partial charge is 0.453 e. The standard InChI is InChI=1S/C36H54N6O7/c1-7-25(4)32(39-36(47)49-6)33(44)37-29(21-26-13-9-8-10-14-26)30(43)23-42(40-34(45)31(24(2)3)38-35(46)48-5)22-27-15-17-28(18-16-27)41-19-11-12-20-41/h8-10,13-18,24-25,29-32,43H,7,11-12,19-23H2,1-6H3,(H,37,44)(H,38,46)(H,39,47)(H,40,45)/t25-,29?,30?,31-,32-/m0/s1. The molecule has 5 atom stereocenters. The first kappa shape index (κ1) is 39.1. The van der Waals surface area contributed by atoms with Gasteiger partial charge in [0, 0.05) is 31.9 Å². The van der Waals surface area contributed by atoms with Crippen molar-refractivity contribution in [1.29, 1.82) is 0 Å². The Kier molecular flexibility index (Phi) is 15.6. The molecule has 1 aliphatic heterocycles. The van der Waals surface area contributed by atoms with Gasteiger partial charge in [0.15, 0.2) is 0 Å². The fraction of sp³-hybridized carbons (Fsp3) is 0.556. The van der Waals surface area contributed by atoms with Gasteiger partial charge < -0.3 is 35.4 Å². The molecule has 0 radical (unpaired) electrons. The van der Waals surface area contributed by atoms with Crippen LogP contribution in [-0.4, -0.2) is 92.2 Å². The first-order chi connectivity index (χ1) is 23.4. The molecule has 0 aliphatic carbocycles. The zero-order valence-corrected chi connectivity index (χ0v) is 29.6. The number of nitrogens with one attached hydrogen (secondary N) is 4. The molecule has 3 rings (SSSR count). The van der Waals surface area contributed by atoms with E-state index in [0.29, 0.717) is 6.42 Å². The number of nitrogens with zero attached hydrogens (tertiary/aromatic N) is 2. The molecular formula is C36H54N6O7. The Morgan fingerprint density at radius 2 is 1.41 bits per heavy atom. The fourth-order valence-corrected chi connectivity index (χ4v) is 5.77. The molecule has 2 unspecified atom stereocenters. The van der Waals surface area contributed by atoms with Crippen molar-refractivity contribution in [2.75, 3.05) is 38.8 Å². The van der Waals surface area contributed by atoms with E-state index in [-0.39, 0.29) is 31.3 Å². The number of carbonyl (C=O) groups is 4. The molecule has 270 valence electrons. The Morgan fingerprint density at radius 3 is 1.96 bits per heavy atom. The summed E-state index contributed by atoms with van der Waals surface area (Å²) in [6.45, 7) is 9.56. The van der Waals surface area contributed by atoms with Crippen molar-refractivity contribution in [3.05, 3.63) is 65.7 Å². The Labute approximate surface area is 290 Å². The normalized spacial score (nSPS) is 15.9. The number of anilines is 1. The second kappa shape index (κ2) is 19.6. The highest BCUT2D eigenvalue weighted by Gasteiger charge is 2.32. The van der Waals surface area contributed by atoms with Gasteiger partial charge in [0.25, 0.3) is 5.91 Å². The number of rotatable bonds is 17. The summed E-state index contributed by atoms with van der Waals surface area (Å²) in [6.07, 6.45) is 0.576. The molecule has 1 fully saturated rings. The molecule has 0 aromatic heterocycles. The van der Waals surface area contributed by atoms with E-state index in [4.69, 9.17) is 9.47 Å². The van der Waals surface area contributed by atoms with Crippen LogP contribution in [-0.2, 0) is 32.0 Å². The number of hydrogen-bond donors (Lipinski definition) is 5. The minimum absolute atomic E-state index is 0.0706. The van der Waals surface area contributed by atoms with Crippen LogP contribution in [0.2, 0.25) is 0 Å². The van der Waals surface area contributed by atoms with Gasteiger partial charge in [0.2, 0.25) is 5.91 Å². The maximum Gasteiger partial charge on any atom is 0.407 e. The number of ether oxygens (including phenoxy) is 2. The summed E-state index contributed by atoms with van der Waals surface area (Å²) in [5.74, 6) is -1.43. The summed E-state index contributed by atoms with van der Waals surface area (Å²) < 4.78 is 9.50. The van der Waals surface area contributed by atoms with Gasteiger partial charge in [-0.1, -0.05) is 76.6 Å². The molecular weight excluding hydrogens is 628 g/mol. The number of alkyl carbamates (subject to hydrolysis) is 2. The number of aliphatic hydroxyl groups excluding tert-OH is 1. The highest BCUT2D eigenvalue weighted by atomic mass is 16.5. The predicted molar refractivity (Wildman–Crippen MR) is 187 cm³/mol. The average Bonchev–Trinajstić information content (AvgIpc) is 3.64. The molecule has 0 saturated carbocycles. The van der Waals surface area contributed by atoms with Crippen molar-refractivity contribution in [1.82, 2.24) is 26.4 Å². The number of carbonyl (C=O) groups excluding carboxylic acids is 4. The lowest BCUT2D eigenvalue weighted by Gasteiger charge is -2.33. The predicted octanol–water partition coefficient (Wildman–Crippen LogP) is 3.36. The van der Waals surface area contributed by atoms with Crippen LogP contribution in [0.4, 0.5) is 15.3 Å². The van der Waals surface area contributed by atoms with E-state index in [9.17, 15) is 24.3 Å². The molecule has 1 saturated heterocycles. The molecule has 13 heteroatoms. The van der Waals surface area contributed by atoms with Gasteiger partial charge in [-0.15, -0.1) is 0 Å². The lowest BCUT2D eigenvalue weighted by molar-refractivity contribution is -0.131. The minimum atomic E-state index is -1.17. The fourth-order valence-electron chi connectivity index (χ4n) is 5.77. The van der Waals surface area contributed by atoms with Crippen molar-refractivity contribution < 1.29 is 33.8 Å². The molecule has 2 aromatic carbocycles. The summed E-state index contributed by atoms with van der Waals surface area (Å²) in [5.41, 5.74) is 5.79. The van der Waals surface area contributed by atoms with Gasteiger partial charge in [0.05, 0.1) is 26.4 Å². The molecule has 49 heavy (non-hydrogen) atoms. The van der Waals surface area contributed by atoms with Gasteiger partial charge in [-0.25, -0.2) is 14.6 Å². The number of hydrogen-bond acceptors (Lipinski definition) is 9. The van der Waals surface area contributed by atoms with Gasteiger partial charge >= 0.3 is 12.2 Å². The van der Waals surface area contributed by atoms with Crippen LogP contribution < -0.4 is 26.3 Å². The van der Waals surface area contributed by atoms with Crippen LogP contribution in [0.25, 0.3) is 0 Å². The molecule has 0 spiro atoms. The highest BCUT2D eigenvalue weighted by molar-refractivity contribution is 5.86. The third kappa shape index (κ3) is 12.2. The van der Waals surface area contributed by atoms with Crippen molar-refractivity contribution in [3.8, 4) is 0 Å². The Bertz CT molecular complexity index is 1340. The summed E-state index contributed by atoms with van der Waals surface area (Å²) in [7, 11) is 2.46. The second-order valence-electron chi connectivity index (χ2n) is 12.9. The molecule has 0 bridgehead atoms. The molecule has 13 nitrogen and oxygen atoms in total. The summed E-state index contributed by atoms with van der Waals surface area (Å²) in [4.78, 5) is 53.7. The minimum Gasteiger partial charge on any atom is -0.453 e. The van der Waals surface area contributed by atoms with E-state index >= 15 is 0 Å². The van der Waals surface area contributed by atoms with Crippen molar-refractivity contribution in [3.63, 3.8) is 0 Å². The van der Waals surface area contributed by atoms with Crippen molar-refractivity contribution in [2.24, 2.45) is 11.8 Å². The SMILES string of the molecule is CC[C@H](C)[C@H](NC(=O)OC)C(=O)NC(Cc1ccccc1)C(O)CN(Cc1ccc(N2CCCC2)cc1)NC(=O)[C@@H](NC(=O)OC)C(C)C. The number of aliphatic hydroxyl groups is 1. The van der Waals surface area contributed by atoms with Crippen LogP contribution in [0.3, 0.4) is 0 Å². The van der Waals surface area contributed by atoms with Gasteiger partial charge in [-0.2, -0.15) is 0 Å². The van der Waals surface area contributed by atoms with Crippen LogP contribution in [0.1, 0.15) is 58.1 Å². The molecule has 2 aromatic rings. The molecule has 1 aliphatic rings. The summed E-state index contributed by atoms with van der Waals surface area (Å²) >= 11 is 0. The first-order valence-electron chi connectivity index (χ1n) is 17.1. The number of amides is 4. The number of methoxy groups -OCH3 is 2. The quantitative estimate of drug-likeness (QED) is 0.158. The van der Waals surface area contributed by atoms with E-state index in [1.807, 2.05) is 56.3 Å². The van der Waals surface area contributed by atoms with E-state index in [1.54, 1.807) is 18.9 Å². The number of hydrazine groups is 1. The maximum absolute atomic E-state index is 13.7. The van der Waals surface area contributed by atoms with E-state index < -0.39 is 48.2 Å². The monoisotopic (exact) mass is 682 g/mol. The van der Waals surface area contributed by atoms with Crippen LogP contribution in [0, 0.1) is 11.8 Å². The molecule has 1 heterocycles. The smallest absolute Gasteiger partial charge is 0.407 e. The third-order valence-electron chi connectivity index (χ3n) is 8.91. The van der Waals surface area contributed by atoms with E-state index in [2.05, 4.69) is 38.4 Å². The third-order valence-corrected chi connectivity index (χ3v) is 8.91. The average molecular weight is 683 g/mol. The maximum atomic E-state index is 13.7. The zero-order chi connectivity index (χ0) is 35.9. The molecule has 5 N–H and O–H groups in total. The summed E-state index contributed by atoms with van der Waals surface area (Å²) in [5, 5.41) is 21.6. The first-order valence-corrected chi connectivity index (χ1v) is 17.1. The van der Waals surface area contributed by atoms with Gasteiger partial charge in [0.1, 0.15) is 12.1 Å². The van der Waals surface area contributed by atoms with Crippen LogP contribution >= 0.6 is 0 Å². The van der Waals surface area contributed by atoms with Crippen molar-refractivity contribution in [2.45, 2.75) is 84.2 Å². The Balaban J connectivity index is 1.89. The topological polar surface area (TPSA) is 162 Å². The second-order valence-corrected chi connectivity index (χ2v) is 12.9. The number of benzene rings is 2. The van der Waals surface area contributed by atoms with Crippen molar-refractivity contribution >= 4 is 29.7 Å². The zero-order valence-electron chi connectivity index (χ0n) is 29.6. The van der Waals surface area contributed by atoms with E-state index in [1.165, 1.54) is 14.2 Å². The van der Waals surface area contributed by atoms with Crippen LogP contribution in [0.15, 0.2) is 54.6 Å². The van der Waals surface area contributed by atoms with Crippen LogP contribution in [0.5, 0.6) is 0 Å². The van der Waals surface area contributed by atoms with Gasteiger partial charge in [-0.05, 0) is 54.4 Å². The lowest BCUT2D eigenvalue weighted by atomic mass is 9.96. The molecule has 4 amide bonds. The highest BCUT2D eigenvalue weighted by Crippen LogP contribution is 2.21. The summed E-state index contributed by atoms with van der Waals surface area (Å²) in [6, 6.07) is 14.9. The Hall–Kier alpha value is -4.36. The van der Waals surface area contributed by atoms with Gasteiger partial charge in [-0.3, -0.25) is 15.0 Å².